The first-order chi connectivity index (χ1) is 14.7. The highest BCUT2D eigenvalue weighted by molar-refractivity contribution is 7.71. The van der Waals surface area contributed by atoms with E-state index in [9.17, 15) is 8.42 Å². The van der Waals surface area contributed by atoms with Crippen LogP contribution in [-0.2, 0) is 16.5 Å². The van der Waals surface area contributed by atoms with Crippen molar-refractivity contribution in [2.24, 2.45) is 0 Å². The molecule has 6 nitrogen and oxygen atoms in total. The van der Waals surface area contributed by atoms with Gasteiger partial charge in [0.25, 0.3) is 0 Å². The van der Waals surface area contributed by atoms with Gasteiger partial charge in [0, 0.05) is 42.4 Å². The fourth-order valence-corrected chi connectivity index (χ4v) is 4.37. The second-order valence-electron chi connectivity index (χ2n) is 7.44. The molecule has 2 aromatic carbocycles. The van der Waals surface area contributed by atoms with Crippen LogP contribution in [0.2, 0.25) is 0 Å². The molecule has 0 bridgehead atoms. The molecule has 1 aliphatic heterocycles. The molecule has 0 aliphatic carbocycles. The van der Waals surface area contributed by atoms with Gasteiger partial charge in [0.15, 0.2) is 0 Å². The van der Waals surface area contributed by atoms with Crippen molar-refractivity contribution in [2.45, 2.75) is 11.7 Å². The summed E-state index contributed by atoms with van der Waals surface area (Å²) in [5, 5.41) is 1.14. The van der Waals surface area contributed by atoms with Gasteiger partial charge in [-0.1, -0.05) is 42.5 Å². The summed E-state index contributed by atoms with van der Waals surface area (Å²) >= 11 is 0. The summed E-state index contributed by atoms with van der Waals surface area (Å²) in [5.74, 6) is 1.31. The molecule has 0 unspecified atom stereocenters. The van der Waals surface area contributed by atoms with E-state index in [0.717, 1.165) is 52.3 Å². The molecule has 1 fully saturated rings. The molecule has 5 rings (SSSR count). The number of aromatic nitrogens is 3. The summed E-state index contributed by atoms with van der Waals surface area (Å²) in [5.41, 5.74) is 4.55. The zero-order chi connectivity index (χ0) is 20.5. The van der Waals surface area contributed by atoms with Crippen molar-refractivity contribution in [3.05, 3.63) is 84.3 Å². The largest absolute Gasteiger partial charge is 0.355 e. The normalized spacial score (nSPS) is 14.2. The summed E-state index contributed by atoms with van der Waals surface area (Å²) in [6, 6.07) is 19.8. The van der Waals surface area contributed by atoms with E-state index in [1.54, 1.807) is 12.4 Å². The SMILES string of the molecule is O=[SH](=O)Cc1ccc(-c2nccnc2C2CN(c3ccc4ccccc4n3)C2)cc1. The fourth-order valence-electron chi connectivity index (χ4n) is 3.86. The van der Waals surface area contributed by atoms with E-state index in [0.29, 0.717) is 0 Å². The molecule has 1 aliphatic rings. The van der Waals surface area contributed by atoms with Gasteiger partial charge in [-0.2, -0.15) is 0 Å². The Kier molecular flexibility index (Phi) is 4.88. The number of benzene rings is 2. The number of nitrogens with zero attached hydrogens (tertiary/aromatic N) is 4. The highest BCUT2D eigenvalue weighted by atomic mass is 32.2. The van der Waals surface area contributed by atoms with E-state index in [4.69, 9.17) is 4.98 Å². The zero-order valence-corrected chi connectivity index (χ0v) is 17.1. The Morgan fingerprint density at radius 3 is 2.47 bits per heavy atom. The molecule has 150 valence electrons. The highest BCUT2D eigenvalue weighted by Crippen LogP contribution is 2.34. The number of para-hydroxylation sites is 1. The Morgan fingerprint density at radius 2 is 1.67 bits per heavy atom. The molecule has 0 saturated carbocycles. The van der Waals surface area contributed by atoms with Crippen molar-refractivity contribution in [2.75, 3.05) is 18.0 Å². The summed E-state index contributed by atoms with van der Waals surface area (Å²) < 4.78 is 21.9. The summed E-state index contributed by atoms with van der Waals surface area (Å²) in [6.07, 6.45) is 3.43. The van der Waals surface area contributed by atoms with Crippen LogP contribution in [0.5, 0.6) is 0 Å². The first kappa shape index (κ1) is 18.7. The van der Waals surface area contributed by atoms with Crippen molar-refractivity contribution < 1.29 is 8.42 Å². The average Bonchev–Trinajstić information content (AvgIpc) is 2.73. The third kappa shape index (κ3) is 3.64. The first-order valence-corrected chi connectivity index (χ1v) is 11.2. The zero-order valence-electron chi connectivity index (χ0n) is 16.2. The van der Waals surface area contributed by atoms with E-state index in [-0.39, 0.29) is 11.7 Å². The predicted octanol–water partition coefficient (Wildman–Crippen LogP) is 3.41. The number of rotatable bonds is 5. The summed E-state index contributed by atoms with van der Waals surface area (Å²) in [7, 11) is -2.43. The van der Waals surface area contributed by atoms with Crippen molar-refractivity contribution in [1.29, 1.82) is 0 Å². The second kappa shape index (κ2) is 7.84. The maximum atomic E-state index is 10.9. The number of anilines is 1. The predicted molar refractivity (Wildman–Crippen MR) is 118 cm³/mol. The minimum Gasteiger partial charge on any atom is -0.355 e. The maximum Gasteiger partial charge on any atom is 0.144 e. The molecule has 3 heterocycles. The molecule has 0 radical (unpaired) electrons. The number of thiol groups is 1. The van der Waals surface area contributed by atoms with E-state index in [1.165, 1.54) is 0 Å². The van der Waals surface area contributed by atoms with Gasteiger partial charge in [-0.15, -0.1) is 0 Å². The lowest BCUT2D eigenvalue weighted by Gasteiger charge is -2.40. The van der Waals surface area contributed by atoms with Crippen LogP contribution in [0.1, 0.15) is 17.2 Å². The minimum atomic E-state index is -2.43. The molecule has 0 N–H and O–H groups in total. The van der Waals surface area contributed by atoms with Gasteiger partial charge in [-0.05, 0) is 23.8 Å². The standard InChI is InChI=1S/C23H20N4O2S/c28-30(29)15-16-5-7-18(8-6-16)22-23(25-12-11-24-22)19-13-27(14-19)21-10-9-17-3-1-2-4-20(17)26-21/h1-12,19,30H,13-15H2. The Morgan fingerprint density at radius 1 is 0.900 bits per heavy atom. The van der Waals surface area contributed by atoms with Gasteiger partial charge in [-0.25, -0.2) is 13.4 Å². The number of fused-ring (bicyclic) bond motifs is 1. The van der Waals surface area contributed by atoms with Gasteiger partial charge in [-0.3, -0.25) is 9.97 Å². The molecule has 2 aromatic heterocycles. The quantitative estimate of drug-likeness (QED) is 0.503. The van der Waals surface area contributed by atoms with Crippen LogP contribution in [0, 0.1) is 0 Å². The Labute approximate surface area is 176 Å². The van der Waals surface area contributed by atoms with Crippen LogP contribution in [-0.4, -0.2) is 36.5 Å². The topological polar surface area (TPSA) is 76.1 Å². The Hall–Kier alpha value is -3.32. The Bertz CT molecular complexity index is 1270. The van der Waals surface area contributed by atoms with E-state index >= 15 is 0 Å². The molecule has 0 atom stereocenters. The van der Waals surface area contributed by atoms with E-state index < -0.39 is 10.7 Å². The van der Waals surface area contributed by atoms with Gasteiger partial charge in [0.05, 0.1) is 22.7 Å². The lowest BCUT2D eigenvalue weighted by Crippen LogP contribution is -2.46. The Balaban J connectivity index is 1.36. The molecule has 1 saturated heterocycles. The molecule has 4 aromatic rings. The lowest BCUT2D eigenvalue weighted by molar-refractivity contribution is 0.509. The average molecular weight is 417 g/mol. The van der Waals surface area contributed by atoms with Gasteiger partial charge >= 0.3 is 0 Å². The number of pyridine rings is 1. The third-order valence-corrected chi connectivity index (χ3v) is 6.06. The van der Waals surface area contributed by atoms with Crippen molar-refractivity contribution in [3.8, 4) is 11.3 Å². The van der Waals surface area contributed by atoms with E-state index in [1.807, 2.05) is 42.5 Å². The summed E-state index contributed by atoms with van der Waals surface area (Å²) in [6.45, 7) is 1.68. The second-order valence-corrected chi connectivity index (χ2v) is 8.42. The number of hydrogen-bond acceptors (Lipinski definition) is 6. The lowest BCUT2D eigenvalue weighted by atomic mass is 9.92. The van der Waals surface area contributed by atoms with Crippen molar-refractivity contribution in [1.82, 2.24) is 15.0 Å². The van der Waals surface area contributed by atoms with Gasteiger partial charge in [0.1, 0.15) is 16.5 Å². The summed E-state index contributed by atoms with van der Waals surface area (Å²) in [4.78, 5) is 16.2. The molecule has 0 spiro atoms. The van der Waals surface area contributed by atoms with Crippen LogP contribution in [0.4, 0.5) is 5.82 Å². The van der Waals surface area contributed by atoms with Crippen molar-refractivity contribution >= 4 is 27.4 Å². The van der Waals surface area contributed by atoms with E-state index in [2.05, 4.69) is 33.1 Å². The molecule has 30 heavy (non-hydrogen) atoms. The monoisotopic (exact) mass is 416 g/mol. The maximum absolute atomic E-state index is 10.9. The molecular formula is C23H20N4O2S. The fraction of sp³-hybridized carbons (Fsp3) is 0.174. The van der Waals surface area contributed by atoms with Gasteiger partial charge < -0.3 is 4.90 Å². The highest BCUT2D eigenvalue weighted by Gasteiger charge is 2.32. The molecular weight excluding hydrogens is 396 g/mol. The van der Waals surface area contributed by atoms with Crippen LogP contribution in [0.15, 0.2) is 73.1 Å². The minimum absolute atomic E-state index is 0.0548. The molecule has 7 heteroatoms. The van der Waals surface area contributed by atoms with Gasteiger partial charge in [0.2, 0.25) is 0 Å². The van der Waals surface area contributed by atoms with Crippen molar-refractivity contribution in [3.63, 3.8) is 0 Å². The third-order valence-electron chi connectivity index (χ3n) is 5.44. The number of hydrogen-bond donors (Lipinski definition) is 1. The van der Waals surface area contributed by atoms with Crippen LogP contribution < -0.4 is 4.90 Å². The van der Waals surface area contributed by atoms with Crippen LogP contribution >= 0.6 is 0 Å². The molecule has 0 amide bonds. The van der Waals surface area contributed by atoms with Crippen LogP contribution in [0.25, 0.3) is 22.2 Å². The van der Waals surface area contributed by atoms with Crippen LogP contribution in [0.3, 0.4) is 0 Å². The smallest absolute Gasteiger partial charge is 0.144 e. The first-order valence-electron chi connectivity index (χ1n) is 9.80.